The molecule has 3 heteroatoms. The number of hydrogen-bond acceptors (Lipinski definition) is 1. The highest BCUT2D eigenvalue weighted by Crippen LogP contribution is 2.67. The number of aromatic nitrogens is 1. The number of hydrogen-bond donors (Lipinski definition) is 0. The molecule has 1 heterocycles. The minimum atomic E-state index is -0.554. The van der Waals surface area contributed by atoms with E-state index in [0.717, 1.165) is 21.5 Å². The summed E-state index contributed by atoms with van der Waals surface area (Å²) in [5.41, 5.74) is 16.8. The Kier molecular flexibility index (Phi) is 6.73. The molecule has 0 fully saturated rings. The molecule has 0 saturated heterocycles. The van der Waals surface area contributed by atoms with Gasteiger partial charge in [0, 0.05) is 43.4 Å². The summed E-state index contributed by atoms with van der Waals surface area (Å²) in [5.74, 6) is 0. The van der Waals surface area contributed by atoms with Gasteiger partial charge in [0.05, 0.1) is 22.1 Å². The number of fused-ring (bicyclic) bond motifs is 15. The Hall–Kier alpha value is -6.68. The molecule has 0 radical (unpaired) electrons. The zero-order chi connectivity index (χ0) is 37.0. The highest BCUT2D eigenvalue weighted by atomic mass is 79.9. The molecule has 1 unspecified atom stereocenters. The van der Waals surface area contributed by atoms with E-state index in [1.807, 2.05) is 0 Å². The van der Waals surface area contributed by atoms with Gasteiger partial charge in [0.25, 0.3) is 0 Å². The van der Waals surface area contributed by atoms with Gasteiger partial charge in [-0.2, -0.15) is 0 Å². The fourth-order valence-corrected chi connectivity index (χ4v) is 10.7. The highest BCUT2D eigenvalue weighted by molar-refractivity contribution is 9.10. The van der Waals surface area contributed by atoms with Crippen LogP contribution in [0.2, 0.25) is 0 Å². The molecule has 262 valence electrons. The summed E-state index contributed by atoms with van der Waals surface area (Å²) in [6, 6.07) is 73.9. The van der Waals surface area contributed by atoms with Crippen molar-refractivity contribution in [2.24, 2.45) is 0 Å². The van der Waals surface area contributed by atoms with Crippen LogP contribution in [0.25, 0.3) is 60.5 Å². The molecule has 2 nitrogen and oxygen atoms in total. The molecular weight excluding hydrogens is 745 g/mol. The Labute approximate surface area is 333 Å². The number of rotatable bonds is 4. The molecule has 10 aromatic rings. The number of benzene rings is 9. The van der Waals surface area contributed by atoms with Crippen molar-refractivity contribution in [3.05, 3.63) is 227 Å². The van der Waals surface area contributed by atoms with Crippen LogP contribution in [0.4, 0.5) is 17.1 Å². The number of para-hydroxylation sites is 3. The minimum Gasteiger partial charge on any atom is -0.310 e. The van der Waals surface area contributed by atoms with Crippen LogP contribution in [-0.2, 0) is 5.41 Å². The van der Waals surface area contributed by atoms with Gasteiger partial charge in [-0.25, -0.2) is 0 Å². The first kappa shape index (κ1) is 31.6. The molecular formula is C53H33BrN2. The van der Waals surface area contributed by atoms with E-state index in [2.05, 4.69) is 226 Å². The van der Waals surface area contributed by atoms with Gasteiger partial charge in [-0.15, -0.1) is 0 Å². The number of nitrogens with zero attached hydrogens (tertiary/aromatic N) is 2. The molecule has 0 bridgehead atoms. The van der Waals surface area contributed by atoms with Crippen LogP contribution in [0.5, 0.6) is 0 Å². The van der Waals surface area contributed by atoms with Crippen LogP contribution in [0.1, 0.15) is 22.3 Å². The predicted octanol–water partition coefficient (Wildman–Crippen LogP) is 14.5. The molecule has 0 saturated carbocycles. The topological polar surface area (TPSA) is 8.17 Å². The van der Waals surface area contributed by atoms with E-state index < -0.39 is 5.41 Å². The van der Waals surface area contributed by atoms with Crippen LogP contribution in [0, 0.1) is 0 Å². The standard InChI is InChI=1S/C53H33BrN2/c54-46-28-15-27-45-51(46)41-24-10-13-26-44(41)53(45)43-25-12-9-23-40(43)50-38-21-8-7-16-34(38)32-49(52(50)53)55(35-17-3-1-4-18-35)37-30-31-48-42(33-37)39-22-11-14-29-47(39)56(48)36-19-5-2-6-20-36/h1-33H. The third kappa shape index (κ3) is 4.15. The molecule has 12 rings (SSSR count). The lowest BCUT2D eigenvalue weighted by Crippen LogP contribution is -2.28. The van der Waals surface area contributed by atoms with Crippen LogP contribution in [0.3, 0.4) is 0 Å². The van der Waals surface area contributed by atoms with E-state index in [1.165, 1.54) is 82.8 Å². The average Bonchev–Trinajstić information content (AvgIpc) is 3.87. The van der Waals surface area contributed by atoms with Gasteiger partial charge in [-0.1, -0.05) is 155 Å². The van der Waals surface area contributed by atoms with E-state index in [4.69, 9.17) is 0 Å². The molecule has 1 spiro atoms. The van der Waals surface area contributed by atoms with Gasteiger partial charge in [0.2, 0.25) is 0 Å². The van der Waals surface area contributed by atoms with Crippen molar-refractivity contribution in [2.75, 3.05) is 4.90 Å². The number of anilines is 3. The first-order valence-electron chi connectivity index (χ1n) is 19.2. The van der Waals surface area contributed by atoms with Crippen molar-refractivity contribution in [3.63, 3.8) is 0 Å². The smallest absolute Gasteiger partial charge is 0.0746 e. The predicted molar refractivity (Wildman–Crippen MR) is 237 cm³/mol. The van der Waals surface area contributed by atoms with Gasteiger partial charge in [-0.3, -0.25) is 0 Å². The lowest BCUT2D eigenvalue weighted by atomic mass is 9.69. The molecule has 0 amide bonds. The maximum absolute atomic E-state index is 4.04. The summed E-state index contributed by atoms with van der Waals surface area (Å²) in [6.45, 7) is 0. The second-order valence-electron chi connectivity index (χ2n) is 14.9. The van der Waals surface area contributed by atoms with E-state index in [1.54, 1.807) is 0 Å². The van der Waals surface area contributed by atoms with E-state index in [-0.39, 0.29) is 0 Å². The Morgan fingerprint density at radius 1 is 0.429 bits per heavy atom. The minimum absolute atomic E-state index is 0.554. The zero-order valence-corrected chi connectivity index (χ0v) is 31.9. The molecule has 1 atom stereocenters. The van der Waals surface area contributed by atoms with Crippen LogP contribution in [0.15, 0.2) is 205 Å². The third-order valence-electron chi connectivity index (χ3n) is 12.2. The van der Waals surface area contributed by atoms with E-state index in [9.17, 15) is 0 Å². The Morgan fingerprint density at radius 2 is 1.04 bits per heavy atom. The van der Waals surface area contributed by atoms with Gasteiger partial charge in [0.1, 0.15) is 0 Å². The highest BCUT2D eigenvalue weighted by Gasteiger charge is 2.54. The molecule has 1 aromatic heterocycles. The number of halogens is 1. The monoisotopic (exact) mass is 776 g/mol. The average molecular weight is 778 g/mol. The Morgan fingerprint density at radius 3 is 1.82 bits per heavy atom. The lowest BCUT2D eigenvalue weighted by Gasteiger charge is -2.36. The molecule has 9 aromatic carbocycles. The van der Waals surface area contributed by atoms with Gasteiger partial charge in [0.15, 0.2) is 0 Å². The van der Waals surface area contributed by atoms with Crippen molar-refractivity contribution in [3.8, 4) is 27.9 Å². The molecule has 2 aliphatic carbocycles. The van der Waals surface area contributed by atoms with Gasteiger partial charge in [-0.05, 0) is 105 Å². The second kappa shape index (κ2) is 11.9. The largest absolute Gasteiger partial charge is 0.310 e. The fraction of sp³-hybridized carbons (Fsp3) is 0.0189. The molecule has 0 aliphatic heterocycles. The van der Waals surface area contributed by atoms with Crippen molar-refractivity contribution in [1.82, 2.24) is 4.57 Å². The van der Waals surface area contributed by atoms with Crippen molar-refractivity contribution in [2.45, 2.75) is 5.41 Å². The van der Waals surface area contributed by atoms with Gasteiger partial charge >= 0.3 is 0 Å². The molecule has 56 heavy (non-hydrogen) atoms. The van der Waals surface area contributed by atoms with Crippen LogP contribution < -0.4 is 4.90 Å². The zero-order valence-electron chi connectivity index (χ0n) is 30.3. The fourth-order valence-electron chi connectivity index (χ4n) is 10.1. The Balaban J connectivity index is 1.24. The maximum Gasteiger partial charge on any atom is 0.0746 e. The van der Waals surface area contributed by atoms with Crippen LogP contribution >= 0.6 is 15.9 Å². The summed E-state index contributed by atoms with van der Waals surface area (Å²) in [7, 11) is 0. The molecule has 2 aliphatic rings. The van der Waals surface area contributed by atoms with Crippen LogP contribution in [-0.4, -0.2) is 4.57 Å². The normalized spacial score (nSPS) is 14.9. The van der Waals surface area contributed by atoms with Crippen molar-refractivity contribution < 1.29 is 0 Å². The third-order valence-corrected chi connectivity index (χ3v) is 12.9. The lowest BCUT2D eigenvalue weighted by molar-refractivity contribution is 0.793. The summed E-state index contributed by atoms with van der Waals surface area (Å²) < 4.78 is 3.51. The molecule has 0 N–H and O–H groups in total. The summed E-state index contributed by atoms with van der Waals surface area (Å²) >= 11 is 4.04. The summed E-state index contributed by atoms with van der Waals surface area (Å²) in [6.07, 6.45) is 0. The second-order valence-corrected chi connectivity index (χ2v) is 15.8. The van der Waals surface area contributed by atoms with E-state index >= 15 is 0 Å². The first-order chi connectivity index (χ1) is 27.7. The summed E-state index contributed by atoms with van der Waals surface area (Å²) in [5, 5.41) is 4.94. The van der Waals surface area contributed by atoms with Crippen molar-refractivity contribution >= 4 is 65.6 Å². The van der Waals surface area contributed by atoms with Gasteiger partial charge < -0.3 is 9.47 Å². The maximum atomic E-state index is 4.04. The van der Waals surface area contributed by atoms with Crippen molar-refractivity contribution in [1.29, 1.82) is 0 Å². The Bertz CT molecular complexity index is 3220. The van der Waals surface area contributed by atoms with E-state index in [0.29, 0.717) is 0 Å². The SMILES string of the molecule is Brc1cccc2c1-c1ccccc1C21c2ccccc2-c2c1c(N(c1ccccc1)c1ccc3c(c1)c1ccccc1n3-c1ccccc1)cc1ccccc21. The summed E-state index contributed by atoms with van der Waals surface area (Å²) in [4.78, 5) is 2.52. The quantitative estimate of drug-likeness (QED) is 0.173. The first-order valence-corrected chi connectivity index (χ1v) is 20.0.